The van der Waals surface area contributed by atoms with Crippen molar-refractivity contribution in [2.45, 2.75) is 51.1 Å². The fraction of sp³-hybridized carbons (Fsp3) is 0.310. The lowest BCUT2D eigenvalue weighted by Gasteiger charge is -2.32. The zero-order valence-corrected chi connectivity index (χ0v) is 24.6. The Bertz CT molecular complexity index is 1360. The third kappa shape index (κ3) is 8.21. The molecule has 0 aliphatic heterocycles. The van der Waals surface area contributed by atoms with Gasteiger partial charge in [0.1, 0.15) is 12.6 Å². The van der Waals surface area contributed by atoms with Gasteiger partial charge in [0, 0.05) is 23.1 Å². The maximum absolute atomic E-state index is 13.9. The third-order valence-corrected chi connectivity index (χ3v) is 8.56. The summed E-state index contributed by atoms with van der Waals surface area (Å²) in [6, 6.07) is 18.7. The van der Waals surface area contributed by atoms with E-state index in [1.165, 1.54) is 17.0 Å². The highest BCUT2D eigenvalue weighted by Gasteiger charge is 2.32. The first-order chi connectivity index (χ1) is 18.5. The Hall–Kier alpha value is -3.07. The lowest BCUT2D eigenvalue weighted by atomic mass is 10.1. The summed E-state index contributed by atoms with van der Waals surface area (Å²) in [7, 11) is -4.13. The molecule has 3 aromatic carbocycles. The number of benzene rings is 3. The molecule has 0 unspecified atom stereocenters. The molecular weight excluding hydrogens is 557 g/mol. The lowest BCUT2D eigenvalue weighted by Crippen LogP contribution is -2.51. The van der Waals surface area contributed by atoms with Gasteiger partial charge in [-0.05, 0) is 74.4 Å². The van der Waals surface area contributed by atoms with Crippen molar-refractivity contribution in [3.05, 3.63) is 94.0 Å². The number of hydrogen-bond donors (Lipinski definition) is 1. The third-order valence-electron chi connectivity index (χ3n) is 6.27. The molecule has 0 radical (unpaired) electrons. The summed E-state index contributed by atoms with van der Waals surface area (Å²) in [5, 5.41) is 3.84. The zero-order valence-electron chi connectivity index (χ0n) is 22.2. The summed E-state index contributed by atoms with van der Waals surface area (Å²) >= 11 is 12.1. The molecule has 10 heteroatoms. The Kier molecular flexibility index (Phi) is 10.8. The highest BCUT2D eigenvalue weighted by atomic mass is 35.5. The highest BCUT2D eigenvalue weighted by Crippen LogP contribution is 2.26. The molecule has 1 N–H and O–H groups in total. The molecule has 0 saturated heterocycles. The average molecular weight is 591 g/mol. The molecule has 0 saturated carbocycles. The number of nitrogens with one attached hydrogen (secondary N) is 1. The van der Waals surface area contributed by atoms with Crippen LogP contribution >= 0.6 is 23.2 Å². The minimum absolute atomic E-state index is 0.0467. The normalized spacial score (nSPS) is 12.0. The maximum atomic E-state index is 13.9. The van der Waals surface area contributed by atoms with E-state index >= 15 is 0 Å². The van der Waals surface area contributed by atoms with Crippen LogP contribution in [0.4, 0.5) is 5.69 Å². The van der Waals surface area contributed by atoms with Crippen LogP contribution in [0.15, 0.2) is 77.7 Å². The molecule has 0 aliphatic rings. The molecule has 0 aliphatic carbocycles. The number of rotatable bonds is 12. The molecule has 3 rings (SSSR count). The van der Waals surface area contributed by atoms with Gasteiger partial charge < -0.3 is 10.2 Å². The molecule has 3 aromatic rings. The van der Waals surface area contributed by atoms with Crippen molar-refractivity contribution in [2.75, 3.05) is 17.4 Å². The van der Waals surface area contributed by atoms with Crippen LogP contribution in [-0.4, -0.2) is 44.3 Å². The topological polar surface area (TPSA) is 86.8 Å². The molecule has 2 amide bonds. The van der Waals surface area contributed by atoms with Crippen LogP contribution < -0.4 is 9.62 Å². The molecule has 0 aromatic heterocycles. The number of anilines is 1. The second-order valence-electron chi connectivity index (χ2n) is 9.27. The van der Waals surface area contributed by atoms with E-state index < -0.39 is 28.5 Å². The molecule has 0 fully saturated rings. The van der Waals surface area contributed by atoms with Crippen LogP contribution in [0.5, 0.6) is 0 Å². The largest absolute Gasteiger partial charge is 0.354 e. The molecule has 39 heavy (non-hydrogen) atoms. The van der Waals surface area contributed by atoms with Crippen LogP contribution in [0.3, 0.4) is 0 Å². The standard InChI is InChI=1S/C29H33Cl2N3O4S/c1-4-5-18-32-29(36)22(3)33(19-23-8-10-24(30)11-9-23)28(35)20-34(26-14-12-25(31)13-15-26)39(37,38)27-16-6-21(2)7-17-27/h6-17,22H,4-5,18-20H2,1-3H3,(H,32,36)/t22-/m1/s1. The second-order valence-corrected chi connectivity index (χ2v) is 12.0. The quantitative estimate of drug-likeness (QED) is 0.269. The summed E-state index contributed by atoms with van der Waals surface area (Å²) in [4.78, 5) is 28.3. The van der Waals surface area contributed by atoms with E-state index in [9.17, 15) is 18.0 Å². The second kappa shape index (κ2) is 13.8. The molecule has 1 atom stereocenters. The van der Waals surface area contributed by atoms with Gasteiger partial charge in [0.05, 0.1) is 10.6 Å². The van der Waals surface area contributed by atoms with Crippen LogP contribution in [0, 0.1) is 6.92 Å². The number of halogens is 2. The number of hydrogen-bond acceptors (Lipinski definition) is 4. The number of carbonyl (C=O) groups is 2. The monoisotopic (exact) mass is 589 g/mol. The number of nitrogens with zero attached hydrogens (tertiary/aromatic N) is 2. The molecular formula is C29H33Cl2N3O4S. The molecule has 208 valence electrons. The van der Waals surface area contributed by atoms with E-state index in [1.807, 2.05) is 13.8 Å². The van der Waals surface area contributed by atoms with Gasteiger partial charge in [-0.2, -0.15) is 0 Å². The first kappa shape index (κ1) is 30.5. The first-order valence-corrected chi connectivity index (χ1v) is 14.9. The Morgan fingerprint density at radius 1 is 0.897 bits per heavy atom. The number of unbranched alkanes of at least 4 members (excludes halogenated alkanes) is 1. The summed E-state index contributed by atoms with van der Waals surface area (Å²) in [5.74, 6) is -0.848. The average Bonchev–Trinajstić information content (AvgIpc) is 2.91. The van der Waals surface area contributed by atoms with Crippen LogP contribution in [0.1, 0.15) is 37.8 Å². The van der Waals surface area contributed by atoms with Gasteiger partial charge in [-0.3, -0.25) is 13.9 Å². The fourth-order valence-electron chi connectivity index (χ4n) is 3.88. The van der Waals surface area contributed by atoms with E-state index in [-0.39, 0.29) is 23.0 Å². The van der Waals surface area contributed by atoms with Gasteiger partial charge in [0.25, 0.3) is 10.0 Å². The van der Waals surface area contributed by atoms with Crippen molar-refractivity contribution >= 4 is 50.7 Å². The summed E-state index contributed by atoms with van der Waals surface area (Å²) in [5.41, 5.74) is 1.93. The van der Waals surface area contributed by atoms with Crippen molar-refractivity contribution in [1.82, 2.24) is 10.2 Å². The van der Waals surface area contributed by atoms with Gasteiger partial charge in [0.2, 0.25) is 11.8 Å². The number of carbonyl (C=O) groups excluding carboxylic acids is 2. The smallest absolute Gasteiger partial charge is 0.264 e. The number of sulfonamides is 1. The van der Waals surface area contributed by atoms with E-state index in [4.69, 9.17) is 23.2 Å². The minimum atomic E-state index is -4.13. The summed E-state index contributed by atoms with van der Waals surface area (Å²) < 4.78 is 28.6. The summed E-state index contributed by atoms with van der Waals surface area (Å²) in [6.45, 7) is 5.58. The molecule has 7 nitrogen and oxygen atoms in total. The Morgan fingerprint density at radius 3 is 2.03 bits per heavy atom. The van der Waals surface area contributed by atoms with Crippen LogP contribution in [0.2, 0.25) is 10.0 Å². The fourth-order valence-corrected chi connectivity index (χ4v) is 5.54. The predicted octanol–water partition coefficient (Wildman–Crippen LogP) is 5.83. The molecule has 0 heterocycles. The van der Waals surface area contributed by atoms with E-state index in [1.54, 1.807) is 67.6 Å². The van der Waals surface area contributed by atoms with Crippen molar-refractivity contribution in [3.8, 4) is 0 Å². The van der Waals surface area contributed by atoms with Crippen LogP contribution in [0.25, 0.3) is 0 Å². The predicted molar refractivity (Wildman–Crippen MR) is 157 cm³/mol. The maximum Gasteiger partial charge on any atom is 0.264 e. The van der Waals surface area contributed by atoms with Crippen molar-refractivity contribution < 1.29 is 18.0 Å². The van der Waals surface area contributed by atoms with E-state index in [0.717, 1.165) is 28.3 Å². The minimum Gasteiger partial charge on any atom is -0.354 e. The van der Waals surface area contributed by atoms with Gasteiger partial charge in [-0.15, -0.1) is 0 Å². The lowest BCUT2D eigenvalue weighted by molar-refractivity contribution is -0.139. The van der Waals surface area contributed by atoms with Gasteiger partial charge in [0.15, 0.2) is 0 Å². The van der Waals surface area contributed by atoms with Gasteiger partial charge in [-0.25, -0.2) is 8.42 Å². The van der Waals surface area contributed by atoms with Crippen molar-refractivity contribution in [3.63, 3.8) is 0 Å². The Morgan fingerprint density at radius 2 is 1.46 bits per heavy atom. The Labute approximate surface area is 240 Å². The van der Waals surface area contributed by atoms with Gasteiger partial charge >= 0.3 is 0 Å². The van der Waals surface area contributed by atoms with Crippen LogP contribution in [-0.2, 0) is 26.2 Å². The first-order valence-electron chi connectivity index (χ1n) is 12.7. The highest BCUT2D eigenvalue weighted by molar-refractivity contribution is 7.92. The number of amides is 2. The molecule has 0 bridgehead atoms. The van der Waals surface area contributed by atoms with Gasteiger partial charge in [-0.1, -0.05) is 66.4 Å². The summed E-state index contributed by atoms with van der Waals surface area (Å²) in [6.07, 6.45) is 1.72. The van der Waals surface area contributed by atoms with Crippen molar-refractivity contribution in [1.29, 1.82) is 0 Å². The van der Waals surface area contributed by atoms with E-state index in [0.29, 0.717) is 16.6 Å². The molecule has 0 spiro atoms. The van der Waals surface area contributed by atoms with E-state index in [2.05, 4.69) is 5.32 Å². The zero-order chi connectivity index (χ0) is 28.6. The SMILES string of the molecule is CCCCNC(=O)[C@@H](C)N(Cc1ccc(Cl)cc1)C(=O)CN(c1ccc(Cl)cc1)S(=O)(=O)c1ccc(C)cc1. The Balaban J connectivity index is 1.98. The number of aryl methyl sites for hydroxylation is 1. The van der Waals surface area contributed by atoms with Crippen molar-refractivity contribution in [2.24, 2.45) is 0 Å².